The van der Waals surface area contributed by atoms with Gasteiger partial charge < -0.3 is 17.0 Å². The molecule has 34 heavy (non-hydrogen) atoms. The Morgan fingerprint density at radius 3 is 1.53 bits per heavy atom. The highest BCUT2D eigenvalue weighted by atomic mass is 79.9. The summed E-state index contributed by atoms with van der Waals surface area (Å²) in [4.78, 5) is 27.8. The van der Waals surface area contributed by atoms with Crippen LogP contribution in [0, 0.1) is 6.92 Å². The van der Waals surface area contributed by atoms with Gasteiger partial charge in [0.05, 0.1) is 23.8 Å². The van der Waals surface area contributed by atoms with Gasteiger partial charge in [0.25, 0.3) is 11.8 Å². The first-order valence-corrected chi connectivity index (χ1v) is 13.1. The molecule has 0 fully saturated rings. The number of hydrogen-bond acceptors (Lipinski definition) is 2. The topological polar surface area (TPSA) is 37.4 Å². The first kappa shape index (κ1) is 24.1. The van der Waals surface area contributed by atoms with E-state index in [4.69, 9.17) is 0 Å². The lowest BCUT2D eigenvalue weighted by atomic mass is 10.1. The molecule has 1 aliphatic heterocycles. The standard InChI is InChI=1S/C29H25NO2P.BrH/c1-22-17-18-26-27(21-22)29(32)30(28(26)31)19-20-33(23-11-5-2-6-12-23,24-13-7-3-8-14-24)25-15-9-4-10-16-25;/h2-18,21H,19-20H2,1H3;1H/q+1;/p-1. The molecule has 0 radical (unpaired) electrons. The number of carbonyl (C=O) groups is 2. The zero-order valence-corrected chi connectivity index (χ0v) is 21.4. The van der Waals surface area contributed by atoms with Gasteiger partial charge in [-0.05, 0) is 55.5 Å². The summed E-state index contributed by atoms with van der Waals surface area (Å²) in [7, 11) is -2.11. The minimum Gasteiger partial charge on any atom is -1.00 e. The Morgan fingerprint density at radius 2 is 1.06 bits per heavy atom. The summed E-state index contributed by atoms with van der Waals surface area (Å²) < 4.78 is 0. The van der Waals surface area contributed by atoms with E-state index in [1.54, 1.807) is 6.07 Å². The van der Waals surface area contributed by atoms with E-state index < -0.39 is 7.26 Å². The quantitative estimate of drug-likeness (QED) is 0.281. The zero-order chi connectivity index (χ0) is 22.8. The predicted molar refractivity (Wildman–Crippen MR) is 137 cm³/mol. The molecule has 5 heteroatoms. The molecule has 4 aromatic carbocycles. The van der Waals surface area contributed by atoms with Gasteiger partial charge in [0.2, 0.25) is 0 Å². The van der Waals surface area contributed by atoms with E-state index in [0.717, 1.165) is 5.56 Å². The number of benzene rings is 4. The maximum Gasteiger partial charge on any atom is 0.261 e. The molecule has 170 valence electrons. The monoisotopic (exact) mass is 529 g/mol. The van der Waals surface area contributed by atoms with Crippen LogP contribution < -0.4 is 32.9 Å². The van der Waals surface area contributed by atoms with Crippen molar-refractivity contribution in [2.24, 2.45) is 0 Å². The summed E-state index contributed by atoms with van der Waals surface area (Å²) in [5.41, 5.74) is 2.01. The van der Waals surface area contributed by atoms with E-state index in [1.807, 2.05) is 37.3 Å². The average molecular weight is 530 g/mol. The lowest BCUT2D eigenvalue weighted by Crippen LogP contribution is -3.00. The summed E-state index contributed by atoms with van der Waals surface area (Å²) in [6.45, 7) is 2.31. The second-order valence-corrected chi connectivity index (χ2v) is 12.0. The first-order valence-electron chi connectivity index (χ1n) is 11.1. The molecular weight excluding hydrogens is 505 g/mol. The van der Waals surface area contributed by atoms with Crippen LogP contribution in [0.1, 0.15) is 26.3 Å². The number of aryl methyl sites for hydroxylation is 1. The van der Waals surface area contributed by atoms with Gasteiger partial charge in [-0.25, -0.2) is 0 Å². The van der Waals surface area contributed by atoms with Gasteiger partial charge in [0.15, 0.2) is 0 Å². The molecular formula is C29H25BrNO2P. The Balaban J connectivity index is 0.00000274. The highest BCUT2D eigenvalue weighted by Gasteiger charge is 2.47. The third-order valence-electron chi connectivity index (χ3n) is 6.38. The molecule has 0 atom stereocenters. The molecule has 2 amide bonds. The summed E-state index contributed by atoms with van der Waals surface area (Å²) in [5.74, 6) is -0.381. The molecule has 4 aromatic rings. The Bertz CT molecular complexity index is 1210. The van der Waals surface area contributed by atoms with Crippen LogP contribution in [0.4, 0.5) is 0 Å². The van der Waals surface area contributed by atoms with Crippen molar-refractivity contribution in [2.75, 3.05) is 12.7 Å². The third-order valence-corrected chi connectivity index (χ3v) is 10.8. The van der Waals surface area contributed by atoms with Crippen molar-refractivity contribution in [3.8, 4) is 0 Å². The van der Waals surface area contributed by atoms with Crippen LogP contribution in [-0.2, 0) is 0 Å². The van der Waals surface area contributed by atoms with Crippen LogP contribution in [-0.4, -0.2) is 29.4 Å². The number of imide groups is 1. The van der Waals surface area contributed by atoms with Crippen molar-refractivity contribution in [3.63, 3.8) is 0 Å². The van der Waals surface area contributed by atoms with Gasteiger partial charge in [-0.1, -0.05) is 66.2 Å². The predicted octanol–water partition coefficient (Wildman–Crippen LogP) is 1.59. The van der Waals surface area contributed by atoms with Gasteiger partial charge >= 0.3 is 0 Å². The van der Waals surface area contributed by atoms with Crippen LogP contribution in [0.5, 0.6) is 0 Å². The Morgan fingerprint density at radius 1 is 0.618 bits per heavy atom. The lowest BCUT2D eigenvalue weighted by molar-refractivity contribution is -0.0000296. The van der Waals surface area contributed by atoms with Gasteiger partial charge in [-0.15, -0.1) is 0 Å². The van der Waals surface area contributed by atoms with Gasteiger partial charge in [0.1, 0.15) is 23.2 Å². The van der Waals surface area contributed by atoms with E-state index in [2.05, 4.69) is 72.8 Å². The molecule has 3 nitrogen and oxygen atoms in total. The molecule has 0 saturated heterocycles. The largest absolute Gasteiger partial charge is 1.00 e. The molecule has 5 rings (SSSR count). The van der Waals surface area contributed by atoms with E-state index in [-0.39, 0.29) is 28.8 Å². The Kier molecular flexibility index (Phi) is 7.11. The fourth-order valence-electron chi connectivity index (χ4n) is 4.74. The van der Waals surface area contributed by atoms with Gasteiger partial charge in [-0.3, -0.25) is 14.5 Å². The van der Waals surface area contributed by atoms with E-state index >= 15 is 0 Å². The Hall–Kier alpha value is -3.07. The fraction of sp³-hybridized carbons (Fsp3) is 0.103. The number of hydrogen-bond donors (Lipinski definition) is 0. The lowest BCUT2D eigenvalue weighted by Gasteiger charge is -2.29. The number of halogens is 1. The number of carbonyl (C=O) groups excluding carboxylic acids is 2. The van der Waals surface area contributed by atoms with Crippen molar-refractivity contribution in [3.05, 3.63) is 126 Å². The van der Waals surface area contributed by atoms with Crippen molar-refractivity contribution in [1.29, 1.82) is 0 Å². The summed E-state index contributed by atoms with van der Waals surface area (Å²) in [6.07, 6.45) is 0.690. The second kappa shape index (κ2) is 10.0. The van der Waals surface area contributed by atoms with Crippen LogP contribution in [0.15, 0.2) is 109 Å². The fourth-order valence-corrected chi connectivity index (χ4v) is 8.95. The molecule has 0 spiro atoms. The smallest absolute Gasteiger partial charge is 0.261 e. The van der Waals surface area contributed by atoms with Gasteiger partial charge in [-0.2, -0.15) is 0 Å². The van der Waals surface area contributed by atoms with Crippen LogP contribution >= 0.6 is 7.26 Å². The summed E-state index contributed by atoms with van der Waals surface area (Å²) in [5, 5.41) is 3.74. The molecule has 0 aliphatic carbocycles. The Labute approximate surface area is 211 Å². The number of amides is 2. The first-order chi connectivity index (χ1) is 16.1. The maximum atomic E-state index is 13.2. The zero-order valence-electron chi connectivity index (χ0n) is 18.9. The molecule has 0 bridgehead atoms. The minimum absolute atomic E-state index is 0. The molecule has 0 aromatic heterocycles. The SMILES string of the molecule is Cc1ccc2c(c1)C(=O)N(CC[P+](c1ccccc1)(c1ccccc1)c1ccccc1)C2=O.[Br-]. The molecule has 1 aliphatic rings. The van der Waals surface area contributed by atoms with Crippen molar-refractivity contribution in [1.82, 2.24) is 4.90 Å². The average Bonchev–Trinajstić information content (AvgIpc) is 3.10. The minimum atomic E-state index is -2.11. The van der Waals surface area contributed by atoms with Crippen molar-refractivity contribution < 1.29 is 26.6 Å². The van der Waals surface area contributed by atoms with Crippen LogP contribution in [0.3, 0.4) is 0 Å². The van der Waals surface area contributed by atoms with Crippen molar-refractivity contribution >= 4 is 35.0 Å². The second-order valence-electron chi connectivity index (χ2n) is 8.35. The van der Waals surface area contributed by atoms with E-state index in [0.29, 0.717) is 23.8 Å². The van der Waals surface area contributed by atoms with E-state index in [1.165, 1.54) is 20.8 Å². The van der Waals surface area contributed by atoms with Crippen molar-refractivity contribution in [2.45, 2.75) is 6.92 Å². The van der Waals surface area contributed by atoms with Crippen LogP contribution in [0.2, 0.25) is 0 Å². The third kappa shape index (κ3) is 4.13. The number of rotatable bonds is 6. The molecule has 0 unspecified atom stereocenters. The highest BCUT2D eigenvalue weighted by molar-refractivity contribution is 7.95. The summed E-state index contributed by atoms with van der Waals surface area (Å²) in [6, 6.07) is 37.1. The molecule has 1 heterocycles. The molecule has 0 saturated carbocycles. The highest BCUT2D eigenvalue weighted by Crippen LogP contribution is 2.55. The van der Waals surface area contributed by atoms with E-state index in [9.17, 15) is 9.59 Å². The van der Waals surface area contributed by atoms with Crippen LogP contribution in [0.25, 0.3) is 0 Å². The molecule has 0 N–H and O–H groups in total. The number of nitrogens with zero attached hydrogens (tertiary/aromatic N) is 1. The van der Waals surface area contributed by atoms with Gasteiger partial charge in [0, 0.05) is 0 Å². The maximum absolute atomic E-state index is 13.2. The summed E-state index contributed by atoms with van der Waals surface area (Å²) >= 11 is 0. The number of fused-ring (bicyclic) bond motifs is 1. The normalized spacial score (nSPS) is 12.9.